The van der Waals surface area contributed by atoms with Gasteiger partial charge in [-0.15, -0.1) is 0 Å². The van der Waals surface area contributed by atoms with Crippen molar-refractivity contribution in [2.24, 2.45) is 0 Å². The lowest BCUT2D eigenvalue weighted by Crippen LogP contribution is -2.26. The first-order valence-electron chi connectivity index (χ1n) is 9.27. The molecule has 0 saturated carbocycles. The molecule has 0 aliphatic carbocycles. The molecule has 2 rings (SSSR count). The molecule has 0 N–H and O–H groups in total. The fraction of sp³-hybridized carbons (Fsp3) is 0.364. The molecule has 4 heteroatoms. The molecule has 0 bridgehead atoms. The van der Waals surface area contributed by atoms with Crippen molar-refractivity contribution in [2.45, 2.75) is 33.6 Å². The molecule has 0 atom stereocenters. The van der Waals surface area contributed by atoms with E-state index in [1.165, 1.54) is 6.08 Å². The minimum Gasteiger partial charge on any atom is -0.460 e. The van der Waals surface area contributed by atoms with E-state index in [4.69, 9.17) is 4.74 Å². The van der Waals surface area contributed by atoms with E-state index in [1.54, 1.807) is 6.92 Å². The van der Waals surface area contributed by atoms with E-state index in [0.29, 0.717) is 0 Å². The lowest BCUT2D eigenvalue weighted by Gasteiger charge is -2.27. The van der Waals surface area contributed by atoms with Gasteiger partial charge in [-0.1, -0.05) is 50.2 Å². The Morgan fingerprint density at radius 1 is 0.962 bits per heavy atom. The van der Waals surface area contributed by atoms with Crippen molar-refractivity contribution in [3.8, 4) is 0 Å². The topological polar surface area (TPSA) is 46.6 Å². The molecule has 0 aromatic heterocycles. The third-order valence-electron chi connectivity index (χ3n) is 4.12. The molecule has 0 saturated heterocycles. The molecule has 26 heavy (non-hydrogen) atoms. The second kappa shape index (κ2) is 9.76. The first kappa shape index (κ1) is 19.7. The van der Waals surface area contributed by atoms with Gasteiger partial charge in [-0.2, -0.15) is 0 Å². The SMILES string of the molecule is CCCN(CCC)/C(=C\C(=O)C(=O)OCC)c1ccc2ccccc2c1. The molecule has 138 valence electrons. The first-order valence-corrected chi connectivity index (χ1v) is 9.27. The van der Waals surface area contributed by atoms with Crippen molar-refractivity contribution < 1.29 is 14.3 Å². The summed E-state index contributed by atoms with van der Waals surface area (Å²) in [6.07, 6.45) is 3.34. The molecule has 0 aliphatic heterocycles. The van der Waals surface area contributed by atoms with Gasteiger partial charge in [-0.05, 0) is 42.2 Å². The summed E-state index contributed by atoms with van der Waals surface area (Å²) < 4.78 is 4.86. The highest BCUT2D eigenvalue weighted by Crippen LogP contribution is 2.25. The molecule has 0 heterocycles. The van der Waals surface area contributed by atoms with Gasteiger partial charge in [0.15, 0.2) is 0 Å². The van der Waals surface area contributed by atoms with Gasteiger partial charge in [0.05, 0.1) is 6.61 Å². The van der Waals surface area contributed by atoms with Gasteiger partial charge in [0.1, 0.15) is 0 Å². The minimum atomic E-state index is -0.807. The zero-order chi connectivity index (χ0) is 18.9. The van der Waals surface area contributed by atoms with Crippen LogP contribution in [0, 0.1) is 0 Å². The summed E-state index contributed by atoms with van der Waals surface area (Å²) >= 11 is 0. The van der Waals surface area contributed by atoms with E-state index >= 15 is 0 Å². The van der Waals surface area contributed by atoms with Crippen molar-refractivity contribution >= 4 is 28.2 Å². The molecule has 4 nitrogen and oxygen atoms in total. The van der Waals surface area contributed by atoms with Gasteiger partial charge in [-0.25, -0.2) is 4.79 Å². The van der Waals surface area contributed by atoms with E-state index in [1.807, 2.05) is 30.3 Å². The van der Waals surface area contributed by atoms with E-state index in [2.05, 4.69) is 30.9 Å². The fourth-order valence-corrected chi connectivity index (χ4v) is 2.98. The van der Waals surface area contributed by atoms with Crippen molar-refractivity contribution in [1.29, 1.82) is 0 Å². The molecule has 0 amide bonds. The second-order valence-electron chi connectivity index (χ2n) is 6.16. The Hall–Kier alpha value is -2.62. The lowest BCUT2D eigenvalue weighted by molar-refractivity contribution is -0.151. The number of carbonyl (C=O) groups is 2. The number of rotatable bonds is 9. The summed E-state index contributed by atoms with van der Waals surface area (Å²) in [5, 5.41) is 2.25. The molecule has 0 aliphatic rings. The number of ether oxygens (including phenoxy) is 1. The van der Waals surface area contributed by atoms with Crippen LogP contribution in [-0.2, 0) is 14.3 Å². The number of esters is 1. The van der Waals surface area contributed by atoms with Gasteiger partial charge in [0.2, 0.25) is 0 Å². The molecular weight excluding hydrogens is 326 g/mol. The van der Waals surface area contributed by atoms with Crippen LogP contribution >= 0.6 is 0 Å². The Morgan fingerprint density at radius 3 is 2.23 bits per heavy atom. The Balaban J connectivity index is 2.49. The minimum absolute atomic E-state index is 0.192. The first-order chi connectivity index (χ1) is 12.6. The van der Waals surface area contributed by atoms with Crippen molar-refractivity contribution in [3.05, 3.63) is 54.1 Å². The van der Waals surface area contributed by atoms with Crippen LogP contribution in [0.15, 0.2) is 48.5 Å². The Labute approximate surface area is 155 Å². The maximum Gasteiger partial charge on any atom is 0.379 e. The monoisotopic (exact) mass is 353 g/mol. The number of ketones is 1. The summed E-state index contributed by atoms with van der Waals surface area (Å²) in [5.74, 6) is -1.43. The molecule has 0 unspecified atom stereocenters. The van der Waals surface area contributed by atoms with Crippen LogP contribution in [0.5, 0.6) is 0 Å². The smallest absolute Gasteiger partial charge is 0.379 e. The molecule has 0 spiro atoms. The Bertz CT molecular complexity index is 789. The van der Waals surface area contributed by atoms with Gasteiger partial charge >= 0.3 is 5.97 Å². The highest BCUT2D eigenvalue weighted by atomic mass is 16.5. The van der Waals surface area contributed by atoms with E-state index in [9.17, 15) is 9.59 Å². The third kappa shape index (κ3) is 4.94. The van der Waals surface area contributed by atoms with Gasteiger partial charge < -0.3 is 9.64 Å². The van der Waals surface area contributed by atoms with Gasteiger partial charge in [0, 0.05) is 24.9 Å². The van der Waals surface area contributed by atoms with Gasteiger partial charge in [0.25, 0.3) is 5.78 Å². The number of fused-ring (bicyclic) bond motifs is 1. The van der Waals surface area contributed by atoms with Crippen LogP contribution < -0.4 is 0 Å². The standard InChI is InChI=1S/C22H27NO3/c1-4-13-23(14-5-2)20(16-21(24)22(25)26-6-3)19-12-11-17-9-7-8-10-18(17)15-19/h7-12,15-16H,4-6,13-14H2,1-3H3/b20-16-. The number of hydrogen-bond donors (Lipinski definition) is 0. The van der Waals surface area contributed by atoms with Crippen LogP contribution in [0.4, 0.5) is 0 Å². The van der Waals surface area contributed by atoms with Crippen LogP contribution in [0.3, 0.4) is 0 Å². The van der Waals surface area contributed by atoms with Gasteiger partial charge in [-0.3, -0.25) is 4.79 Å². The molecule has 0 radical (unpaired) electrons. The number of carbonyl (C=O) groups excluding carboxylic acids is 2. The molecule has 2 aromatic rings. The Kier molecular flexibility index (Phi) is 7.39. The number of hydrogen-bond acceptors (Lipinski definition) is 4. The number of nitrogens with zero attached hydrogens (tertiary/aromatic N) is 1. The highest BCUT2D eigenvalue weighted by Gasteiger charge is 2.18. The molecular formula is C22H27NO3. The fourth-order valence-electron chi connectivity index (χ4n) is 2.98. The second-order valence-corrected chi connectivity index (χ2v) is 6.16. The Morgan fingerprint density at radius 2 is 1.62 bits per heavy atom. The summed E-state index contributed by atoms with van der Waals surface area (Å²) in [4.78, 5) is 26.3. The predicted octanol–water partition coefficient (Wildman–Crippen LogP) is 4.43. The lowest BCUT2D eigenvalue weighted by atomic mass is 10.0. The quantitative estimate of drug-likeness (QED) is 0.380. The molecule has 0 fully saturated rings. The van der Waals surface area contributed by atoms with E-state index in [-0.39, 0.29) is 6.61 Å². The average Bonchev–Trinajstić information content (AvgIpc) is 2.65. The maximum atomic E-state index is 12.3. The maximum absolute atomic E-state index is 12.3. The van der Waals surface area contributed by atoms with Crippen LogP contribution in [0.2, 0.25) is 0 Å². The third-order valence-corrected chi connectivity index (χ3v) is 4.12. The van der Waals surface area contributed by atoms with Crippen LogP contribution in [-0.4, -0.2) is 36.3 Å². The summed E-state index contributed by atoms with van der Waals surface area (Å²) in [5.41, 5.74) is 1.71. The van der Waals surface area contributed by atoms with E-state index in [0.717, 1.165) is 48.0 Å². The summed E-state index contributed by atoms with van der Waals surface area (Å²) in [6, 6.07) is 14.2. The summed E-state index contributed by atoms with van der Waals surface area (Å²) in [6.45, 7) is 7.74. The zero-order valence-corrected chi connectivity index (χ0v) is 15.8. The van der Waals surface area contributed by atoms with Crippen molar-refractivity contribution in [3.63, 3.8) is 0 Å². The zero-order valence-electron chi connectivity index (χ0n) is 15.8. The van der Waals surface area contributed by atoms with Crippen molar-refractivity contribution in [1.82, 2.24) is 4.90 Å². The highest BCUT2D eigenvalue weighted by molar-refractivity contribution is 6.39. The average molecular weight is 353 g/mol. The molecule has 2 aromatic carbocycles. The van der Waals surface area contributed by atoms with Crippen LogP contribution in [0.1, 0.15) is 39.2 Å². The van der Waals surface area contributed by atoms with Crippen LogP contribution in [0.25, 0.3) is 16.5 Å². The van der Waals surface area contributed by atoms with E-state index < -0.39 is 11.8 Å². The predicted molar refractivity (Wildman–Crippen MR) is 106 cm³/mol. The van der Waals surface area contributed by atoms with Crippen molar-refractivity contribution in [2.75, 3.05) is 19.7 Å². The normalized spacial score (nSPS) is 11.4. The largest absolute Gasteiger partial charge is 0.460 e. The number of benzene rings is 2. The summed E-state index contributed by atoms with van der Waals surface area (Å²) in [7, 11) is 0.